The highest BCUT2D eigenvalue weighted by Gasteiger charge is 2.25. The van der Waals surface area contributed by atoms with E-state index in [1.807, 2.05) is 60.7 Å². The van der Waals surface area contributed by atoms with Crippen LogP contribution in [0.15, 0.2) is 108 Å². The Hall–Kier alpha value is -4.21. The molecule has 0 saturated heterocycles. The molecule has 9 heteroatoms. The largest absolute Gasteiger partial charge is 0.445 e. The Labute approximate surface area is 215 Å². The Morgan fingerprint density at radius 2 is 1.46 bits per heavy atom. The number of carbonyl (C=O) groups is 2. The summed E-state index contributed by atoms with van der Waals surface area (Å²) < 4.78 is 34.1. The van der Waals surface area contributed by atoms with Crippen LogP contribution in [0.5, 0.6) is 0 Å². The number of likely N-dealkylation sites (N-methyl/N-ethyl adjacent to an activating group) is 1. The molecule has 190 valence electrons. The van der Waals surface area contributed by atoms with E-state index in [4.69, 9.17) is 4.74 Å². The van der Waals surface area contributed by atoms with Crippen LogP contribution in [0.2, 0.25) is 0 Å². The first kappa shape index (κ1) is 25.9. The standard InChI is InChI=1S/C28H27N3O5S/c1-31(28(33)36-20-21-11-4-2-5-12-21)19-26(32)29-27(30-37(34,35)23-15-6-3-7-16-23)25-18-10-14-22-13-8-9-17-24(22)25/h2-18,27,30H,19-20H2,1H3,(H,29,32). The minimum Gasteiger partial charge on any atom is -0.445 e. The van der Waals surface area contributed by atoms with Crippen LogP contribution in [-0.4, -0.2) is 38.9 Å². The summed E-state index contributed by atoms with van der Waals surface area (Å²) in [7, 11) is -2.54. The number of nitrogens with one attached hydrogen (secondary N) is 2. The van der Waals surface area contributed by atoms with Gasteiger partial charge in [-0.3, -0.25) is 4.79 Å². The normalized spacial score (nSPS) is 12.0. The van der Waals surface area contributed by atoms with Gasteiger partial charge >= 0.3 is 6.09 Å². The lowest BCUT2D eigenvalue weighted by Crippen LogP contribution is -2.45. The molecule has 1 atom stereocenters. The summed E-state index contributed by atoms with van der Waals surface area (Å²) in [6.45, 7) is -0.261. The van der Waals surface area contributed by atoms with Crippen LogP contribution in [-0.2, 0) is 26.2 Å². The second-order valence-corrected chi connectivity index (χ2v) is 10.1. The third kappa shape index (κ3) is 6.72. The number of benzene rings is 4. The second kappa shape index (κ2) is 11.7. The maximum absolute atomic E-state index is 13.1. The van der Waals surface area contributed by atoms with E-state index >= 15 is 0 Å². The lowest BCUT2D eigenvalue weighted by atomic mass is 10.0. The molecule has 37 heavy (non-hydrogen) atoms. The van der Waals surface area contributed by atoms with E-state index in [1.165, 1.54) is 19.2 Å². The zero-order valence-electron chi connectivity index (χ0n) is 20.2. The van der Waals surface area contributed by atoms with Gasteiger partial charge in [-0.2, -0.15) is 4.72 Å². The fraction of sp³-hybridized carbons (Fsp3) is 0.143. The molecule has 0 saturated carbocycles. The van der Waals surface area contributed by atoms with Crippen LogP contribution >= 0.6 is 0 Å². The molecular weight excluding hydrogens is 490 g/mol. The van der Waals surface area contributed by atoms with E-state index in [0.29, 0.717) is 5.56 Å². The molecule has 0 aromatic heterocycles. The van der Waals surface area contributed by atoms with Crippen molar-refractivity contribution in [1.82, 2.24) is 14.9 Å². The summed E-state index contributed by atoms with van der Waals surface area (Å²) in [5.74, 6) is -0.562. The van der Waals surface area contributed by atoms with Crippen molar-refractivity contribution in [3.8, 4) is 0 Å². The van der Waals surface area contributed by atoms with Crippen molar-refractivity contribution in [2.24, 2.45) is 0 Å². The Kier molecular flexibility index (Phi) is 8.17. The van der Waals surface area contributed by atoms with Crippen LogP contribution in [0, 0.1) is 0 Å². The minimum atomic E-state index is -3.98. The molecule has 0 aliphatic heterocycles. The number of nitrogens with zero attached hydrogens (tertiary/aromatic N) is 1. The van der Waals surface area contributed by atoms with Gasteiger partial charge in [0, 0.05) is 7.05 Å². The van der Waals surface area contributed by atoms with Gasteiger partial charge in [0.1, 0.15) is 19.3 Å². The van der Waals surface area contributed by atoms with Gasteiger partial charge in [-0.05, 0) is 34.0 Å². The van der Waals surface area contributed by atoms with E-state index in [-0.39, 0.29) is 18.0 Å². The van der Waals surface area contributed by atoms with Crippen LogP contribution in [0.3, 0.4) is 0 Å². The van der Waals surface area contributed by atoms with Crippen molar-refractivity contribution in [3.63, 3.8) is 0 Å². The first-order valence-corrected chi connectivity index (χ1v) is 13.1. The van der Waals surface area contributed by atoms with Crippen molar-refractivity contribution in [2.75, 3.05) is 13.6 Å². The Bertz CT molecular complexity index is 1470. The van der Waals surface area contributed by atoms with Gasteiger partial charge in [-0.15, -0.1) is 0 Å². The van der Waals surface area contributed by atoms with E-state index in [0.717, 1.165) is 21.2 Å². The molecule has 2 N–H and O–H groups in total. The summed E-state index contributed by atoms with van der Waals surface area (Å²) in [6.07, 6.45) is -1.76. The number of hydrogen-bond donors (Lipinski definition) is 2. The SMILES string of the molecule is CN(CC(=O)NC(NS(=O)(=O)c1ccccc1)c1cccc2ccccc12)C(=O)OCc1ccccc1. The van der Waals surface area contributed by atoms with Crippen molar-refractivity contribution >= 4 is 32.8 Å². The van der Waals surface area contributed by atoms with Crippen LogP contribution in [0.4, 0.5) is 4.79 Å². The lowest BCUT2D eigenvalue weighted by Gasteiger charge is -2.24. The predicted octanol–water partition coefficient (Wildman–Crippen LogP) is 4.20. The number of hydrogen-bond acceptors (Lipinski definition) is 5. The van der Waals surface area contributed by atoms with Crippen LogP contribution < -0.4 is 10.0 Å². The average Bonchev–Trinajstić information content (AvgIpc) is 2.92. The molecule has 0 bridgehead atoms. The number of amides is 2. The Balaban J connectivity index is 1.52. The zero-order chi connectivity index (χ0) is 26.3. The van der Waals surface area contributed by atoms with Crippen LogP contribution in [0.1, 0.15) is 17.3 Å². The first-order chi connectivity index (χ1) is 17.8. The van der Waals surface area contributed by atoms with Gasteiger partial charge < -0.3 is 15.0 Å². The molecule has 4 aromatic carbocycles. The highest BCUT2D eigenvalue weighted by Crippen LogP contribution is 2.24. The molecule has 0 aliphatic rings. The van der Waals surface area contributed by atoms with E-state index in [1.54, 1.807) is 30.3 Å². The maximum Gasteiger partial charge on any atom is 0.410 e. The quantitative estimate of drug-likeness (QED) is 0.324. The highest BCUT2D eigenvalue weighted by molar-refractivity contribution is 7.89. The fourth-order valence-electron chi connectivity index (χ4n) is 3.81. The van der Waals surface area contributed by atoms with Crippen molar-refractivity contribution in [1.29, 1.82) is 0 Å². The van der Waals surface area contributed by atoms with Gasteiger partial charge in [0.15, 0.2) is 0 Å². The van der Waals surface area contributed by atoms with E-state index in [9.17, 15) is 18.0 Å². The Morgan fingerprint density at radius 3 is 2.19 bits per heavy atom. The number of fused-ring (bicyclic) bond motifs is 1. The highest BCUT2D eigenvalue weighted by atomic mass is 32.2. The van der Waals surface area contributed by atoms with Gasteiger partial charge in [-0.1, -0.05) is 91.0 Å². The second-order valence-electron chi connectivity index (χ2n) is 8.40. The molecule has 4 rings (SSSR count). The molecule has 0 radical (unpaired) electrons. The fourth-order valence-corrected chi connectivity index (χ4v) is 4.96. The van der Waals surface area contributed by atoms with Gasteiger partial charge in [-0.25, -0.2) is 13.2 Å². The monoisotopic (exact) mass is 517 g/mol. The van der Waals surface area contributed by atoms with Gasteiger partial charge in [0.25, 0.3) is 0 Å². The molecule has 0 heterocycles. The van der Waals surface area contributed by atoms with Crippen molar-refractivity contribution in [2.45, 2.75) is 17.7 Å². The molecule has 0 spiro atoms. The topological polar surface area (TPSA) is 105 Å². The average molecular weight is 518 g/mol. The molecule has 8 nitrogen and oxygen atoms in total. The molecule has 0 aliphatic carbocycles. The number of carbonyl (C=O) groups excluding carboxylic acids is 2. The predicted molar refractivity (Wildman–Crippen MR) is 141 cm³/mol. The lowest BCUT2D eigenvalue weighted by molar-refractivity contribution is -0.122. The first-order valence-electron chi connectivity index (χ1n) is 11.6. The van der Waals surface area contributed by atoms with Crippen molar-refractivity contribution in [3.05, 3.63) is 114 Å². The molecular formula is C28H27N3O5S. The molecule has 1 unspecified atom stereocenters. The number of rotatable bonds is 9. The smallest absolute Gasteiger partial charge is 0.410 e. The molecule has 0 fully saturated rings. The molecule has 2 amide bonds. The number of sulfonamides is 1. The summed E-state index contributed by atoms with van der Waals surface area (Å²) in [5, 5.41) is 4.40. The third-order valence-electron chi connectivity index (χ3n) is 5.66. The summed E-state index contributed by atoms with van der Waals surface area (Å²) in [5.41, 5.74) is 1.39. The van der Waals surface area contributed by atoms with Gasteiger partial charge in [0.05, 0.1) is 4.90 Å². The third-order valence-corrected chi connectivity index (χ3v) is 7.10. The van der Waals surface area contributed by atoms with E-state index < -0.39 is 28.2 Å². The van der Waals surface area contributed by atoms with Crippen LogP contribution in [0.25, 0.3) is 10.8 Å². The van der Waals surface area contributed by atoms with Gasteiger partial charge in [0.2, 0.25) is 15.9 Å². The Morgan fingerprint density at radius 1 is 0.838 bits per heavy atom. The van der Waals surface area contributed by atoms with Crippen molar-refractivity contribution < 1.29 is 22.7 Å². The number of ether oxygens (including phenoxy) is 1. The molecule has 4 aromatic rings. The maximum atomic E-state index is 13.1. The van der Waals surface area contributed by atoms with E-state index in [2.05, 4.69) is 10.0 Å². The minimum absolute atomic E-state index is 0.0658. The summed E-state index contributed by atoms with van der Waals surface area (Å²) >= 11 is 0. The zero-order valence-corrected chi connectivity index (χ0v) is 21.0. The summed E-state index contributed by atoms with van der Waals surface area (Å²) in [6, 6.07) is 30.0. The summed E-state index contributed by atoms with van der Waals surface area (Å²) in [4.78, 5) is 26.6.